The molecule has 0 aliphatic heterocycles. The second-order valence-corrected chi connectivity index (χ2v) is 16.6. The molecule has 2 unspecified atom stereocenters. The van der Waals surface area contributed by atoms with Crippen molar-refractivity contribution in [1.82, 2.24) is 0 Å². The molecule has 0 rings (SSSR count). The predicted molar refractivity (Wildman–Crippen MR) is 227 cm³/mol. The summed E-state index contributed by atoms with van der Waals surface area (Å²) in [5, 5.41) is 11.6. The Labute approximate surface area is 339 Å². The minimum Gasteiger partial charge on any atom is -0.544 e. The van der Waals surface area contributed by atoms with Crippen molar-refractivity contribution in [2.24, 2.45) is 0 Å². The van der Waals surface area contributed by atoms with Gasteiger partial charge in [-0.3, -0.25) is 9.59 Å². The first-order chi connectivity index (χ1) is 26.6. The van der Waals surface area contributed by atoms with Crippen LogP contribution in [0, 0.1) is 0 Å². The number of carboxylic acids is 1. The molecule has 322 valence electrons. The topological polar surface area (TPSA) is 102 Å². The highest BCUT2D eigenvalue weighted by Crippen LogP contribution is 2.15. The molecule has 8 nitrogen and oxygen atoms in total. The molecule has 8 heteroatoms. The maximum absolute atomic E-state index is 12.7. The van der Waals surface area contributed by atoms with Crippen LogP contribution in [-0.4, -0.2) is 75.5 Å². The molecule has 2 atom stereocenters. The largest absolute Gasteiger partial charge is 0.544 e. The van der Waals surface area contributed by atoms with Crippen molar-refractivity contribution in [1.29, 1.82) is 0 Å². The van der Waals surface area contributed by atoms with Crippen LogP contribution in [0.5, 0.6) is 0 Å². The van der Waals surface area contributed by atoms with Gasteiger partial charge < -0.3 is 28.6 Å². The van der Waals surface area contributed by atoms with E-state index in [1.54, 1.807) is 21.1 Å². The van der Waals surface area contributed by atoms with Gasteiger partial charge >= 0.3 is 11.9 Å². The summed E-state index contributed by atoms with van der Waals surface area (Å²) in [4.78, 5) is 36.8. The van der Waals surface area contributed by atoms with Crippen molar-refractivity contribution in [2.45, 2.75) is 219 Å². The minimum absolute atomic E-state index is 0.0430. The van der Waals surface area contributed by atoms with Gasteiger partial charge in [0.1, 0.15) is 12.6 Å². The quantitative estimate of drug-likeness (QED) is 0.0264. The van der Waals surface area contributed by atoms with Crippen LogP contribution in [0.3, 0.4) is 0 Å². The number of ether oxygens (including phenoxy) is 3. The highest BCUT2D eigenvalue weighted by atomic mass is 16.6. The number of quaternary nitrogens is 1. The number of carbonyl (C=O) groups excluding carboxylic acids is 3. The molecule has 0 bridgehead atoms. The van der Waals surface area contributed by atoms with Crippen LogP contribution < -0.4 is 5.11 Å². The number of nitrogens with zero attached hydrogens (tertiary/aromatic N) is 1. The number of allylic oxidation sites excluding steroid dienone is 4. The molecule has 55 heavy (non-hydrogen) atoms. The molecule has 0 saturated carbocycles. The van der Waals surface area contributed by atoms with Crippen LogP contribution in [-0.2, 0) is 28.6 Å². The van der Waals surface area contributed by atoms with E-state index < -0.39 is 18.1 Å². The third-order valence-electron chi connectivity index (χ3n) is 10.3. The molecular weight excluding hydrogens is 691 g/mol. The van der Waals surface area contributed by atoms with Crippen molar-refractivity contribution >= 4 is 17.9 Å². The van der Waals surface area contributed by atoms with Gasteiger partial charge in [0.25, 0.3) is 0 Å². The molecule has 0 saturated heterocycles. The monoisotopic (exact) mass is 778 g/mol. The lowest BCUT2D eigenvalue weighted by atomic mass is 10.0. The van der Waals surface area contributed by atoms with E-state index in [9.17, 15) is 19.5 Å². The van der Waals surface area contributed by atoms with Gasteiger partial charge in [-0.1, -0.05) is 167 Å². The van der Waals surface area contributed by atoms with E-state index >= 15 is 0 Å². The smallest absolute Gasteiger partial charge is 0.306 e. The molecule has 0 N–H and O–H groups in total. The molecule has 0 amide bonds. The summed E-state index contributed by atoms with van der Waals surface area (Å²) in [5.74, 6) is -1.73. The van der Waals surface area contributed by atoms with Crippen LogP contribution in [0.2, 0.25) is 0 Å². The summed E-state index contributed by atoms with van der Waals surface area (Å²) in [6, 6.07) is -0.723. The van der Waals surface area contributed by atoms with Gasteiger partial charge in [0, 0.05) is 19.3 Å². The Bertz CT molecular complexity index is 957. The van der Waals surface area contributed by atoms with Gasteiger partial charge in [0.05, 0.1) is 40.3 Å². The van der Waals surface area contributed by atoms with Gasteiger partial charge in [-0.05, 0) is 44.9 Å². The van der Waals surface area contributed by atoms with Crippen LogP contribution >= 0.6 is 0 Å². The molecule has 0 aromatic carbocycles. The lowest BCUT2D eigenvalue weighted by Gasteiger charge is -2.34. The zero-order chi connectivity index (χ0) is 40.7. The van der Waals surface area contributed by atoms with Crippen molar-refractivity contribution in [3.8, 4) is 0 Å². The van der Waals surface area contributed by atoms with Gasteiger partial charge in [0.2, 0.25) is 0 Å². The number of esters is 2. The number of unbranched alkanes of at least 4 members (excludes halogenated alkanes) is 23. The summed E-state index contributed by atoms with van der Waals surface area (Å²) in [6.45, 7) is 4.65. The fourth-order valence-electron chi connectivity index (χ4n) is 6.75. The van der Waals surface area contributed by atoms with Crippen molar-refractivity contribution in [3.05, 3.63) is 24.3 Å². The number of hydrogen-bond donors (Lipinski definition) is 0. The van der Waals surface area contributed by atoms with Crippen LogP contribution in [0.25, 0.3) is 0 Å². The molecule has 0 radical (unpaired) electrons. The average Bonchev–Trinajstić information content (AvgIpc) is 3.14. The Balaban J connectivity index is 4.29. The Morgan fingerprint density at radius 2 is 0.964 bits per heavy atom. The molecule has 0 aliphatic rings. The summed E-state index contributed by atoms with van der Waals surface area (Å²) in [7, 11) is 5.41. The molecule has 0 aromatic rings. The number of carbonyl (C=O) groups is 3. The highest BCUT2D eigenvalue weighted by molar-refractivity contribution is 5.70. The second kappa shape index (κ2) is 38.7. The van der Waals surface area contributed by atoms with E-state index in [1.807, 2.05) is 0 Å². The molecule has 0 heterocycles. The van der Waals surface area contributed by atoms with Crippen molar-refractivity contribution in [2.75, 3.05) is 41.0 Å². The SMILES string of the molecule is CCCCC/C=C\C/C=C\CCCCCCCCCCCC(=O)OC(COCCC(C(=O)[O-])[N+](C)(C)C)COC(=O)CCCCCCCCCCCCCC. The fourth-order valence-corrected chi connectivity index (χ4v) is 6.75. The summed E-state index contributed by atoms with van der Waals surface area (Å²) >= 11 is 0. The maximum atomic E-state index is 12.7. The van der Waals surface area contributed by atoms with Crippen molar-refractivity contribution < 1.29 is 38.2 Å². The first-order valence-electron chi connectivity index (χ1n) is 22.9. The fraction of sp³-hybridized carbons (Fsp3) is 0.851. The van der Waals surface area contributed by atoms with E-state index in [0.717, 1.165) is 44.9 Å². The Hall–Kier alpha value is -2.19. The normalized spacial score (nSPS) is 13.1. The zero-order valence-electron chi connectivity index (χ0n) is 36.6. The first kappa shape index (κ1) is 52.8. The Morgan fingerprint density at radius 3 is 1.44 bits per heavy atom. The molecule has 0 aliphatic carbocycles. The molecule has 0 aromatic heterocycles. The summed E-state index contributed by atoms with van der Waals surface area (Å²) in [6.07, 6.45) is 41.9. The minimum atomic E-state index is -1.12. The maximum Gasteiger partial charge on any atom is 0.306 e. The van der Waals surface area contributed by atoms with E-state index in [4.69, 9.17) is 14.2 Å². The van der Waals surface area contributed by atoms with Gasteiger partial charge in [-0.15, -0.1) is 0 Å². The van der Waals surface area contributed by atoms with Crippen LogP contribution in [0.4, 0.5) is 0 Å². The highest BCUT2D eigenvalue weighted by Gasteiger charge is 2.25. The lowest BCUT2D eigenvalue weighted by molar-refractivity contribution is -0.889. The van der Waals surface area contributed by atoms with Gasteiger partial charge in [-0.2, -0.15) is 0 Å². The van der Waals surface area contributed by atoms with E-state index in [1.165, 1.54) is 128 Å². The third kappa shape index (κ3) is 37.2. The number of likely N-dealkylation sites (N-methyl/N-ethyl adjacent to an activating group) is 1. The van der Waals surface area contributed by atoms with Crippen molar-refractivity contribution in [3.63, 3.8) is 0 Å². The summed E-state index contributed by atoms with van der Waals surface area (Å²) in [5.41, 5.74) is 0. The van der Waals surface area contributed by atoms with Crippen LogP contribution in [0.15, 0.2) is 24.3 Å². The lowest BCUT2D eigenvalue weighted by Crippen LogP contribution is -2.55. The Morgan fingerprint density at radius 1 is 0.545 bits per heavy atom. The van der Waals surface area contributed by atoms with E-state index in [2.05, 4.69) is 38.2 Å². The zero-order valence-corrected chi connectivity index (χ0v) is 36.6. The first-order valence-corrected chi connectivity index (χ1v) is 22.9. The predicted octanol–water partition coefficient (Wildman–Crippen LogP) is 11.1. The second-order valence-electron chi connectivity index (χ2n) is 16.6. The van der Waals surface area contributed by atoms with Gasteiger partial charge in [-0.25, -0.2) is 0 Å². The molecule has 0 spiro atoms. The van der Waals surface area contributed by atoms with Crippen LogP contribution in [0.1, 0.15) is 206 Å². The average molecular weight is 778 g/mol. The standard InChI is InChI=1S/C47H87NO7/c1-6-8-10-12-14-16-18-20-21-22-23-24-25-26-28-30-32-34-36-38-46(50)55-43(41-53-40-39-44(47(51)52)48(3,4)5)42-54-45(49)37-35-33-31-29-27-19-17-15-13-11-9-7-2/h14,16,20-21,43-44H,6-13,15,17-19,22-42H2,1-5H3/b16-14-,21-20-. The number of carboxylic acid groups (broad SMARTS) is 1. The Kier molecular flexibility index (Phi) is 37.1. The number of aliphatic carboxylic acids is 1. The molecular formula is C47H87NO7. The molecule has 0 fully saturated rings. The number of hydrogen-bond acceptors (Lipinski definition) is 7. The van der Waals surface area contributed by atoms with Gasteiger partial charge in [0.15, 0.2) is 6.10 Å². The van der Waals surface area contributed by atoms with E-state index in [0.29, 0.717) is 12.8 Å². The van der Waals surface area contributed by atoms with E-state index in [-0.39, 0.29) is 42.7 Å². The summed E-state index contributed by atoms with van der Waals surface area (Å²) < 4.78 is 17.2. The third-order valence-corrected chi connectivity index (χ3v) is 10.3. The number of rotatable bonds is 41.